The van der Waals surface area contributed by atoms with E-state index in [0.29, 0.717) is 27.7 Å². The van der Waals surface area contributed by atoms with Gasteiger partial charge in [-0.3, -0.25) is 29.7 Å². The quantitative estimate of drug-likeness (QED) is 0.206. The van der Waals surface area contributed by atoms with Gasteiger partial charge in [-0.05, 0) is 29.8 Å². The summed E-state index contributed by atoms with van der Waals surface area (Å²) in [7, 11) is 1.78. The lowest BCUT2D eigenvalue weighted by Crippen LogP contribution is -2.36. The van der Waals surface area contributed by atoms with E-state index in [1.54, 1.807) is 72.4 Å². The summed E-state index contributed by atoms with van der Waals surface area (Å²) in [5.74, 6) is -1.82. The standard InChI is InChI=1S/C26H23N5O4/c1-30-14-20(23(32)12-16-5-7-17(8-6-16)25(27)28)19-10-9-18(13-22(19)30)31(15-24(33)34)26(35)21-4-2-3-11-29-21/h2-11,13-14H,12,15H2,1H3,(H3,27,28)(H,33,34). The van der Waals surface area contributed by atoms with Crippen LogP contribution >= 0.6 is 0 Å². The van der Waals surface area contributed by atoms with Crippen molar-refractivity contribution in [2.75, 3.05) is 11.4 Å². The lowest BCUT2D eigenvalue weighted by atomic mass is 10.0. The Bertz CT molecular complexity index is 1440. The molecule has 0 saturated heterocycles. The summed E-state index contributed by atoms with van der Waals surface area (Å²) in [6.45, 7) is -0.534. The van der Waals surface area contributed by atoms with Crippen molar-refractivity contribution >= 4 is 40.1 Å². The van der Waals surface area contributed by atoms with Gasteiger partial charge in [0.1, 0.15) is 18.1 Å². The summed E-state index contributed by atoms with van der Waals surface area (Å²) in [4.78, 5) is 42.8. The van der Waals surface area contributed by atoms with E-state index < -0.39 is 18.4 Å². The number of aliphatic carboxylic acids is 1. The fraction of sp³-hybridized carbons (Fsp3) is 0.115. The van der Waals surface area contributed by atoms with Crippen LogP contribution in [0.2, 0.25) is 0 Å². The summed E-state index contributed by atoms with van der Waals surface area (Å²) in [5, 5.41) is 17.6. The average Bonchev–Trinajstić information content (AvgIpc) is 3.19. The zero-order chi connectivity index (χ0) is 25.1. The largest absolute Gasteiger partial charge is 0.480 e. The Morgan fingerprint density at radius 1 is 1.09 bits per heavy atom. The second-order valence-electron chi connectivity index (χ2n) is 8.07. The van der Waals surface area contributed by atoms with Crippen molar-refractivity contribution in [2.24, 2.45) is 12.8 Å². The van der Waals surface area contributed by atoms with Gasteiger partial charge in [0.25, 0.3) is 5.91 Å². The first-order valence-corrected chi connectivity index (χ1v) is 10.7. The van der Waals surface area contributed by atoms with Crippen LogP contribution in [0.3, 0.4) is 0 Å². The maximum absolute atomic E-state index is 13.1. The second-order valence-corrected chi connectivity index (χ2v) is 8.07. The van der Waals surface area contributed by atoms with Crippen LogP contribution in [0, 0.1) is 5.41 Å². The molecular weight excluding hydrogens is 446 g/mol. The van der Waals surface area contributed by atoms with Crippen molar-refractivity contribution in [3.63, 3.8) is 0 Å². The van der Waals surface area contributed by atoms with Gasteiger partial charge in [0.2, 0.25) is 0 Å². The van der Waals surface area contributed by atoms with E-state index in [1.807, 2.05) is 0 Å². The van der Waals surface area contributed by atoms with Gasteiger partial charge in [0.15, 0.2) is 5.78 Å². The van der Waals surface area contributed by atoms with E-state index in [9.17, 15) is 19.5 Å². The number of fused-ring (bicyclic) bond motifs is 1. The number of ketones is 1. The Morgan fingerprint density at radius 3 is 2.46 bits per heavy atom. The molecule has 0 spiro atoms. The third kappa shape index (κ3) is 4.93. The van der Waals surface area contributed by atoms with Crippen LogP contribution in [0.15, 0.2) is 73.1 Å². The predicted molar refractivity (Wildman–Crippen MR) is 132 cm³/mol. The number of nitrogens with two attached hydrogens (primary N) is 1. The number of aromatic nitrogens is 2. The summed E-state index contributed by atoms with van der Waals surface area (Å²) in [5.41, 5.74) is 8.59. The van der Waals surface area contributed by atoms with E-state index in [0.717, 1.165) is 10.5 Å². The van der Waals surface area contributed by atoms with E-state index in [2.05, 4.69) is 4.98 Å². The fourth-order valence-electron chi connectivity index (χ4n) is 3.89. The Labute approximate surface area is 200 Å². The summed E-state index contributed by atoms with van der Waals surface area (Å²) in [6, 6.07) is 16.8. The molecule has 0 unspecified atom stereocenters. The Morgan fingerprint density at radius 2 is 1.83 bits per heavy atom. The molecule has 9 heteroatoms. The van der Waals surface area contributed by atoms with Crippen molar-refractivity contribution in [3.05, 3.63) is 95.4 Å². The third-order valence-corrected chi connectivity index (χ3v) is 5.64. The molecule has 9 nitrogen and oxygen atoms in total. The van der Waals surface area contributed by atoms with Gasteiger partial charge < -0.3 is 15.4 Å². The van der Waals surface area contributed by atoms with Crippen LogP contribution in [0.25, 0.3) is 10.9 Å². The predicted octanol–water partition coefficient (Wildman–Crippen LogP) is 3.01. The minimum atomic E-state index is -1.16. The number of carbonyl (C=O) groups is 3. The minimum Gasteiger partial charge on any atom is -0.480 e. The molecule has 176 valence electrons. The molecule has 2 aromatic carbocycles. The number of hydrogen-bond donors (Lipinski definition) is 3. The zero-order valence-electron chi connectivity index (χ0n) is 18.9. The van der Waals surface area contributed by atoms with Gasteiger partial charge in [-0.2, -0.15) is 0 Å². The number of nitrogen functional groups attached to an aromatic ring is 1. The molecule has 4 N–H and O–H groups in total. The molecule has 0 aliphatic heterocycles. The highest BCUT2D eigenvalue weighted by molar-refractivity contribution is 6.11. The van der Waals surface area contributed by atoms with E-state index >= 15 is 0 Å². The number of aryl methyl sites for hydroxylation is 1. The maximum atomic E-state index is 13.1. The van der Waals surface area contributed by atoms with Crippen molar-refractivity contribution < 1.29 is 19.5 Å². The van der Waals surface area contributed by atoms with Crippen LogP contribution in [0.4, 0.5) is 5.69 Å². The zero-order valence-corrected chi connectivity index (χ0v) is 18.9. The summed E-state index contributed by atoms with van der Waals surface area (Å²) < 4.78 is 1.77. The summed E-state index contributed by atoms with van der Waals surface area (Å²) >= 11 is 0. The number of nitrogens with one attached hydrogen (secondary N) is 1. The molecule has 0 radical (unpaired) electrons. The molecule has 1 amide bonds. The lowest BCUT2D eigenvalue weighted by Gasteiger charge is -2.21. The van der Waals surface area contributed by atoms with Crippen molar-refractivity contribution in [1.82, 2.24) is 9.55 Å². The first kappa shape index (κ1) is 23.4. The molecule has 0 saturated carbocycles. The summed E-state index contributed by atoms with van der Waals surface area (Å²) in [6.07, 6.45) is 3.36. The number of anilines is 1. The molecule has 35 heavy (non-hydrogen) atoms. The molecule has 4 rings (SSSR count). The van der Waals surface area contributed by atoms with Gasteiger partial charge in [-0.15, -0.1) is 0 Å². The molecule has 0 bridgehead atoms. The molecule has 4 aromatic rings. The highest BCUT2D eigenvalue weighted by Crippen LogP contribution is 2.28. The van der Waals surface area contributed by atoms with Crippen molar-refractivity contribution in [2.45, 2.75) is 6.42 Å². The Kier molecular flexibility index (Phi) is 6.41. The molecule has 2 aromatic heterocycles. The number of rotatable bonds is 8. The van der Waals surface area contributed by atoms with E-state index in [4.69, 9.17) is 11.1 Å². The van der Waals surface area contributed by atoms with Gasteiger partial charge >= 0.3 is 5.97 Å². The number of pyridine rings is 1. The first-order chi connectivity index (χ1) is 16.7. The molecule has 0 aliphatic carbocycles. The molecule has 0 aliphatic rings. The molecule has 2 heterocycles. The normalized spacial score (nSPS) is 10.8. The van der Waals surface area contributed by atoms with E-state index in [-0.39, 0.29) is 23.7 Å². The van der Waals surface area contributed by atoms with Gasteiger partial charge in [0, 0.05) is 48.1 Å². The number of hydrogen-bond acceptors (Lipinski definition) is 5. The number of benzene rings is 2. The van der Waals surface area contributed by atoms with Crippen molar-refractivity contribution in [1.29, 1.82) is 5.41 Å². The van der Waals surface area contributed by atoms with Crippen LogP contribution in [0.5, 0.6) is 0 Å². The number of Topliss-reactive ketones (excluding diaryl/α,β-unsaturated/α-hetero) is 1. The van der Waals surface area contributed by atoms with Crippen LogP contribution in [-0.2, 0) is 18.3 Å². The minimum absolute atomic E-state index is 0.0359. The van der Waals surface area contributed by atoms with Crippen LogP contribution < -0.4 is 10.6 Å². The van der Waals surface area contributed by atoms with Crippen LogP contribution in [-0.4, -0.2) is 44.7 Å². The number of carboxylic acids is 1. The van der Waals surface area contributed by atoms with E-state index in [1.165, 1.54) is 12.3 Å². The fourth-order valence-corrected chi connectivity index (χ4v) is 3.89. The topological polar surface area (TPSA) is 142 Å². The number of carbonyl (C=O) groups excluding carboxylic acids is 2. The number of nitrogens with zero attached hydrogens (tertiary/aromatic N) is 3. The number of amides is 1. The highest BCUT2D eigenvalue weighted by atomic mass is 16.4. The Hall–Kier alpha value is -4.79. The number of carboxylic acid groups (broad SMARTS) is 1. The Balaban J connectivity index is 1.66. The third-order valence-electron chi connectivity index (χ3n) is 5.64. The van der Waals surface area contributed by atoms with Gasteiger partial charge in [-0.1, -0.05) is 36.4 Å². The monoisotopic (exact) mass is 469 g/mol. The average molecular weight is 470 g/mol. The first-order valence-electron chi connectivity index (χ1n) is 10.7. The SMILES string of the molecule is Cn1cc(C(=O)Cc2ccc(C(=N)N)cc2)c2ccc(N(CC(=O)O)C(=O)c3ccccn3)cc21. The van der Waals surface area contributed by atoms with Gasteiger partial charge in [0.05, 0.1) is 5.52 Å². The van der Waals surface area contributed by atoms with Crippen LogP contribution in [0.1, 0.15) is 32.0 Å². The molecule has 0 fully saturated rings. The highest BCUT2D eigenvalue weighted by Gasteiger charge is 2.23. The van der Waals surface area contributed by atoms with Crippen molar-refractivity contribution in [3.8, 4) is 0 Å². The molecular formula is C26H23N5O4. The lowest BCUT2D eigenvalue weighted by molar-refractivity contribution is -0.135. The number of amidine groups is 1. The van der Waals surface area contributed by atoms with Gasteiger partial charge in [-0.25, -0.2) is 0 Å². The maximum Gasteiger partial charge on any atom is 0.323 e. The second kappa shape index (κ2) is 9.60. The molecule has 0 atom stereocenters. The smallest absolute Gasteiger partial charge is 0.323 e.